The van der Waals surface area contributed by atoms with Gasteiger partial charge in [0.25, 0.3) is 0 Å². The van der Waals surface area contributed by atoms with Crippen molar-refractivity contribution in [3.05, 3.63) is 65.6 Å². The minimum Gasteiger partial charge on any atom is -0.367 e. The lowest BCUT2D eigenvalue weighted by molar-refractivity contribution is 0.344. The smallest absolute Gasteiger partial charge is 0.126 e. The minimum absolute atomic E-state index is 0.427. The fourth-order valence-electron chi connectivity index (χ4n) is 3.84. The Bertz CT molecular complexity index is 957. The monoisotopic (exact) mass is 422 g/mol. The number of hydrogen-bond acceptors (Lipinski definition) is 6. The summed E-state index contributed by atoms with van der Waals surface area (Å²) in [6.07, 6.45) is 9.85. The van der Waals surface area contributed by atoms with Crippen molar-refractivity contribution in [1.82, 2.24) is 15.0 Å². The van der Waals surface area contributed by atoms with Gasteiger partial charge in [-0.15, -0.1) is 0 Å². The molecule has 1 aliphatic rings. The number of nitrogens with zero attached hydrogens (tertiary/aromatic N) is 3. The van der Waals surface area contributed by atoms with E-state index in [2.05, 4.69) is 20.6 Å². The van der Waals surface area contributed by atoms with Gasteiger partial charge in [-0.3, -0.25) is 4.98 Å². The second-order valence-corrected chi connectivity index (χ2v) is 8.17. The molecule has 156 valence electrons. The fraction of sp³-hybridized carbons (Fsp3) is 0.348. The van der Waals surface area contributed by atoms with E-state index in [1.165, 1.54) is 12.8 Å². The Balaban J connectivity index is 1.46. The van der Waals surface area contributed by atoms with Gasteiger partial charge in [0.1, 0.15) is 11.6 Å². The third-order valence-electron chi connectivity index (χ3n) is 5.64. The zero-order chi connectivity index (χ0) is 20.8. The van der Waals surface area contributed by atoms with E-state index in [4.69, 9.17) is 22.3 Å². The van der Waals surface area contributed by atoms with E-state index in [0.717, 1.165) is 47.8 Å². The molecule has 0 saturated heterocycles. The van der Waals surface area contributed by atoms with Crippen molar-refractivity contribution in [2.45, 2.75) is 38.3 Å². The molecule has 0 aliphatic heterocycles. The van der Waals surface area contributed by atoms with Crippen molar-refractivity contribution in [1.29, 1.82) is 0 Å². The number of halogens is 1. The normalized spacial score (nSPS) is 18.7. The van der Waals surface area contributed by atoms with Gasteiger partial charge in [-0.05, 0) is 74.0 Å². The highest BCUT2D eigenvalue weighted by Gasteiger charge is 2.20. The first-order valence-electron chi connectivity index (χ1n) is 10.4. The van der Waals surface area contributed by atoms with Gasteiger partial charge in [0.05, 0.1) is 10.7 Å². The Morgan fingerprint density at radius 3 is 2.60 bits per heavy atom. The molecule has 0 aromatic carbocycles. The Morgan fingerprint density at radius 2 is 1.83 bits per heavy atom. The SMILES string of the molecule is NCC1CCC(Nc2cc(-c3cccc(NCc4ccncc4)n3)c(Cl)cn2)CC1. The molecule has 3 aromatic heterocycles. The molecule has 7 heteroatoms. The predicted molar refractivity (Wildman–Crippen MR) is 122 cm³/mol. The zero-order valence-electron chi connectivity index (χ0n) is 16.9. The lowest BCUT2D eigenvalue weighted by atomic mass is 9.86. The summed E-state index contributed by atoms with van der Waals surface area (Å²) in [7, 11) is 0. The lowest BCUT2D eigenvalue weighted by Crippen LogP contribution is -2.29. The van der Waals surface area contributed by atoms with Gasteiger partial charge in [0.15, 0.2) is 0 Å². The largest absolute Gasteiger partial charge is 0.367 e. The summed E-state index contributed by atoms with van der Waals surface area (Å²) >= 11 is 6.47. The van der Waals surface area contributed by atoms with Crippen LogP contribution in [-0.2, 0) is 6.54 Å². The summed E-state index contributed by atoms with van der Waals surface area (Å²) in [5.41, 5.74) is 8.64. The van der Waals surface area contributed by atoms with Crippen LogP contribution in [0.2, 0.25) is 5.02 Å². The van der Waals surface area contributed by atoms with Gasteiger partial charge in [0, 0.05) is 36.7 Å². The van der Waals surface area contributed by atoms with E-state index >= 15 is 0 Å². The van der Waals surface area contributed by atoms with Crippen molar-refractivity contribution in [2.75, 3.05) is 17.2 Å². The standard InChI is InChI=1S/C23H27ClN6/c24-20-15-28-23(29-18-6-4-16(13-25)5-7-18)12-19(20)21-2-1-3-22(30-21)27-14-17-8-10-26-11-9-17/h1-3,8-12,15-16,18H,4-7,13-14,25H2,(H,27,30)(H,28,29). The summed E-state index contributed by atoms with van der Waals surface area (Å²) in [4.78, 5) is 13.3. The molecule has 0 unspecified atom stereocenters. The first-order valence-corrected chi connectivity index (χ1v) is 10.8. The molecule has 3 heterocycles. The molecule has 4 N–H and O–H groups in total. The molecule has 0 atom stereocenters. The van der Waals surface area contributed by atoms with E-state index in [-0.39, 0.29) is 0 Å². The van der Waals surface area contributed by atoms with Crippen molar-refractivity contribution >= 4 is 23.2 Å². The minimum atomic E-state index is 0.427. The van der Waals surface area contributed by atoms with Crippen molar-refractivity contribution in [3.8, 4) is 11.3 Å². The molecule has 1 saturated carbocycles. The molecular formula is C23H27ClN6. The molecule has 0 bridgehead atoms. The third-order valence-corrected chi connectivity index (χ3v) is 5.94. The highest BCUT2D eigenvalue weighted by molar-refractivity contribution is 6.33. The lowest BCUT2D eigenvalue weighted by Gasteiger charge is -2.28. The van der Waals surface area contributed by atoms with Crippen LogP contribution < -0.4 is 16.4 Å². The van der Waals surface area contributed by atoms with Crippen LogP contribution in [-0.4, -0.2) is 27.5 Å². The second kappa shape index (κ2) is 9.87. The highest BCUT2D eigenvalue weighted by atomic mass is 35.5. The number of pyridine rings is 3. The van der Waals surface area contributed by atoms with Crippen LogP contribution in [0.25, 0.3) is 11.3 Å². The molecule has 0 radical (unpaired) electrons. The third kappa shape index (κ3) is 5.26. The van der Waals surface area contributed by atoms with Crippen LogP contribution in [0.1, 0.15) is 31.2 Å². The highest BCUT2D eigenvalue weighted by Crippen LogP contribution is 2.31. The van der Waals surface area contributed by atoms with Gasteiger partial charge >= 0.3 is 0 Å². The van der Waals surface area contributed by atoms with Crippen LogP contribution in [0, 0.1) is 5.92 Å². The molecular weight excluding hydrogens is 396 g/mol. The van der Waals surface area contributed by atoms with Crippen LogP contribution in [0.15, 0.2) is 55.0 Å². The number of nitrogens with one attached hydrogen (secondary N) is 2. The number of anilines is 2. The quantitative estimate of drug-likeness (QED) is 0.510. The summed E-state index contributed by atoms with van der Waals surface area (Å²) in [5.74, 6) is 2.29. The molecule has 6 nitrogen and oxygen atoms in total. The molecule has 1 aliphatic carbocycles. The molecule has 0 amide bonds. The summed E-state index contributed by atoms with van der Waals surface area (Å²) in [6, 6.07) is 12.3. The second-order valence-electron chi connectivity index (χ2n) is 7.76. The predicted octanol–water partition coefficient (Wildman–Crippen LogP) is 4.73. The first-order chi connectivity index (χ1) is 14.7. The Hall–Kier alpha value is -2.70. The van der Waals surface area contributed by atoms with E-state index in [1.807, 2.05) is 36.4 Å². The van der Waals surface area contributed by atoms with E-state index < -0.39 is 0 Å². The Labute approximate surface area is 182 Å². The Morgan fingerprint density at radius 1 is 1.03 bits per heavy atom. The van der Waals surface area contributed by atoms with E-state index in [0.29, 0.717) is 23.5 Å². The molecule has 1 fully saturated rings. The maximum Gasteiger partial charge on any atom is 0.126 e. The van der Waals surface area contributed by atoms with Gasteiger partial charge in [-0.2, -0.15) is 0 Å². The van der Waals surface area contributed by atoms with Crippen LogP contribution in [0.3, 0.4) is 0 Å². The Kier molecular flexibility index (Phi) is 6.77. The topological polar surface area (TPSA) is 88.8 Å². The molecule has 30 heavy (non-hydrogen) atoms. The van der Waals surface area contributed by atoms with Crippen LogP contribution in [0.4, 0.5) is 11.6 Å². The molecule has 4 rings (SSSR count). The van der Waals surface area contributed by atoms with Crippen molar-refractivity contribution in [3.63, 3.8) is 0 Å². The molecule has 3 aromatic rings. The van der Waals surface area contributed by atoms with Gasteiger partial charge in [0.2, 0.25) is 0 Å². The average molecular weight is 423 g/mol. The van der Waals surface area contributed by atoms with Gasteiger partial charge in [-0.25, -0.2) is 9.97 Å². The average Bonchev–Trinajstić information content (AvgIpc) is 2.80. The summed E-state index contributed by atoms with van der Waals surface area (Å²) in [5, 5.41) is 7.51. The van der Waals surface area contributed by atoms with Gasteiger partial charge < -0.3 is 16.4 Å². The number of rotatable bonds is 7. The fourth-order valence-corrected chi connectivity index (χ4v) is 4.04. The number of nitrogens with two attached hydrogens (primary N) is 1. The number of aromatic nitrogens is 3. The van der Waals surface area contributed by atoms with Gasteiger partial charge in [-0.1, -0.05) is 17.7 Å². The zero-order valence-corrected chi connectivity index (χ0v) is 17.6. The van der Waals surface area contributed by atoms with Crippen molar-refractivity contribution < 1.29 is 0 Å². The summed E-state index contributed by atoms with van der Waals surface area (Å²) < 4.78 is 0. The van der Waals surface area contributed by atoms with E-state index in [1.54, 1.807) is 18.6 Å². The van der Waals surface area contributed by atoms with Crippen molar-refractivity contribution in [2.24, 2.45) is 11.7 Å². The van der Waals surface area contributed by atoms with Crippen LogP contribution >= 0.6 is 11.6 Å². The number of hydrogen-bond donors (Lipinski definition) is 3. The maximum atomic E-state index is 6.47. The first kappa shape index (κ1) is 20.6. The van der Waals surface area contributed by atoms with Crippen LogP contribution in [0.5, 0.6) is 0 Å². The summed E-state index contributed by atoms with van der Waals surface area (Å²) in [6.45, 7) is 1.47. The maximum absolute atomic E-state index is 6.47. The van der Waals surface area contributed by atoms with E-state index in [9.17, 15) is 0 Å². The molecule has 0 spiro atoms.